The smallest absolute Gasteiger partial charge is 0.181 e. The minimum absolute atomic E-state index is 0.00444. The average Bonchev–Trinajstić information content (AvgIpc) is 2.47. The number of hydrogen-bond donors (Lipinski definition) is 2. The summed E-state index contributed by atoms with van der Waals surface area (Å²) in [6.07, 6.45) is 0. The summed E-state index contributed by atoms with van der Waals surface area (Å²) in [6, 6.07) is 5.46. The van der Waals surface area contributed by atoms with E-state index in [1.165, 1.54) is 0 Å². The van der Waals surface area contributed by atoms with E-state index in [1.807, 2.05) is 12.1 Å². The number of anilines is 1. The van der Waals surface area contributed by atoms with Crippen molar-refractivity contribution >= 4 is 16.9 Å². The minimum Gasteiger partial charge on any atom is -0.610 e. The molecule has 0 spiro atoms. The summed E-state index contributed by atoms with van der Waals surface area (Å²) in [4.78, 5) is 0.807. The molecular formula is C8H9NO2S. The first-order valence-corrected chi connectivity index (χ1v) is 4.99. The van der Waals surface area contributed by atoms with Crippen molar-refractivity contribution in [2.75, 3.05) is 11.2 Å². The van der Waals surface area contributed by atoms with Gasteiger partial charge in [0.25, 0.3) is 0 Å². The largest absolute Gasteiger partial charge is 0.610 e. The highest BCUT2D eigenvalue weighted by Gasteiger charge is 2.23. The van der Waals surface area contributed by atoms with Gasteiger partial charge in [-0.1, -0.05) is 6.07 Å². The van der Waals surface area contributed by atoms with Crippen LogP contribution in [0.1, 0.15) is 5.56 Å². The van der Waals surface area contributed by atoms with Crippen LogP contribution in [-0.2, 0) is 17.8 Å². The summed E-state index contributed by atoms with van der Waals surface area (Å²) in [5.41, 5.74) is 1.73. The molecule has 2 rings (SSSR count). The van der Waals surface area contributed by atoms with E-state index >= 15 is 0 Å². The molecule has 64 valence electrons. The zero-order valence-electron chi connectivity index (χ0n) is 6.41. The Balaban J connectivity index is 2.43. The SMILES string of the molecule is [O-][S+]1CNc2ccc(CO)cc21. The Kier molecular flexibility index (Phi) is 1.96. The number of rotatable bonds is 1. The lowest BCUT2D eigenvalue weighted by Crippen LogP contribution is -2.03. The van der Waals surface area contributed by atoms with Gasteiger partial charge in [0.05, 0.1) is 12.3 Å². The van der Waals surface area contributed by atoms with Crippen molar-refractivity contribution in [3.05, 3.63) is 23.8 Å². The maximum Gasteiger partial charge on any atom is 0.181 e. The first kappa shape index (κ1) is 7.91. The molecule has 0 aliphatic carbocycles. The molecule has 0 saturated carbocycles. The average molecular weight is 183 g/mol. The first-order chi connectivity index (χ1) is 5.81. The van der Waals surface area contributed by atoms with Crippen LogP contribution in [0.5, 0.6) is 0 Å². The molecule has 1 atom stereocenters. The number of aliphatic hydroxyl groups excluding tert-OH is 1. The van der Waals surface area contributed by atoms with Gasteiger partial charge in [0.1, 0.15) is 0 Å². The van der Waals surface area contributed by atoms with Crippen LogP contribution in [0.25, 0.3) is 0 Å². The summed E-state index contributed by atoms with van der Waals surface area (Å²) < 4.78 is 11.3. The Bertz CT molecular complexity index is 303. The molecule has 0 radical (unpaired) electrons. The highest BCUT2D eigenvalue weighted by molar-refractivity contribution is 7.92. The molecule has 0 saturated heterocycles. The van der Waals surface area contributed by atoms with Crippen molar-refractivity contribution in [3.63, 3.8) is 0 Å². The zero-order chi connectivity index (χ0) is 8.55. The van der Waals surface area contributed by atoms with Crippen LogP contribution >= 0.6 is 0 Å². The van der Waals surface area contributed by atoms with Gasteiger partial charge in [-0.05, 0) is 11.6 Å². The number of hydrogen-bond acceptors (Lipinski definition) is 3. The van der Waals surface area contributed by atoms with Crippen molar-refractivity contribution in [2.45, 2.75) is 11.5 Å². The van der Waals surface area contributed by atoms with Crippen LogP contribution < -0.4 is 5.32 Å². The predicted molar refractivity (Wildman–Crippen MR) is 47.3 cm³/mol. The van der Waals surface area contributed by atoms with E-state index < -0.39 is 11.2 Å². The van der Waals surface area contributed by atoms with Crippen LogP contribution in [0.15, 0.2) is 23.1 Å². The van der Waals surface area contributed by atoms with Crippen molar-refractivity contribution in [2.24, 2.45) is 0 Å². The van der Waals surface area contributed by atoms with Crippen LogP contribution in [0.4, 0.5) is 5.69 Å². The maximum absolute atomic E-state index is 11.3. The summed E-state index contributed by atoms with van der Waals surface area (Å²) in [5, 5.41) is 11.9. The van der Waals surface area contributed by atoms with Crippen molar-refractivity contribution in [1.29, 1.82) is 0 Å². The third-order valence-electron chi connectivity index (χ3n) is 1.87. The quantitative estimate of drug-likeness (QED) is 0.629. The van der Waals surface area contributed by atoms with E-state index in [4.69, 9.17) is 5.11 Å². The number of fused-ring (bicyclic) bond motifs is 1. The molecule has 4 heteroatoms. The monoisotopic (exact) mass is 183 g/mol. The number of nitrogens with one attached hydrogen (secondary N) is 1. The molecule has 0 aromatic heterocycles. The molecule has 0 fully saturated rings. The molecule has 1 aliphatic rings. The summed E-state index contributed by atoms with van der Waals surface area (Å²) in [5.74, 6) is 0.490. The van der Waals surface area contributed by atoms with Gasteiger partial charge in [-0.25, -0.2) is 0 Å². The lowest BCUT2D eigenvalue weighted by molar-refractivity contribution is 0.281. The van der Waals surface area contributed by atoms with Crippen LogP contribution in [0.3, 0.4) is 0 Å². The second-order valence-corrected chi connectivity index (χ2v) is 4.07. The molecule has 1 heterocycles. The fourth-order valence-corrected chi connectivity index (χ4v) is 2.33. The second-order valence-electron chi connectivity index (χ2n) is 2.66. The van der Waals surface area contributed by atoms with Crippen LogP contribution in [-0.4, -0.2) is 15.5 Å². The third kappa shape index (κ3) is 1.18. The van der Waals surface area contributed by atoms with Gasteiger partial charge in [0, 0.05) is 17.2 Å². The number of benzene rings is 1. The van der Waals surface area contributed by atoms with Gasteiger partial charge in [-0.15, -0.1) is 0 Å². The molecular weight excluding hydrogens is 174 g/mol. The fourth-order valence-electron chi connectivity index (χ4n) is 1.22. The lowest BCUT2D eigenvalue weighted by Gasteiger charge is -2.01. The summed E-state index contributed by atoms with van der Waals surface area (Å²) in [6.45, 7) is 0.00444. The Morgan fingerprint density at radius 3 is 3.17 bits per heavy atom. The first-order valence-electron chi connectivity index (χ1n) is 3.67. The van der Waals surface area contributed by atoms with E-state index in [2.05, 4.69) is 5.32 Å². The molecule has 12 heavy (non-hydrogen) atoms. The number of aliphatic hydroxyl groups is 1. The van der Waals surface area contributed by atoms with Crippen molar-refractivity contribution in [3.8, 4) is 0 Å². The Hall–Kier alpha value is -0.710. The van der Waals surface area contributed by atoms with E-state index in [9.17, 15) is 4.55 Å². The molecule has 1 aromatic rings. The molecule has 1 unspecified atom stereocenters. The minimum atomic E-state index is -0.932. The van der Waals surface area contributed by atoms with Gasteiger partial charge in [-0.2, -0.15) is 0 Å². The normalized spacial score (nSPS) is 20.3. The highest BCUT2D eigenvalue weighted by Crippen LogP contribution is 2.29. The molecule has 1 aliphatic heterocycles. The Morgan fingerprint density at radius 2 is 2.42 bits per heavy atom. The standard InChI is InChI=1S/C8H9NO2S/c10-4-6-1-2-7-8(3-6)12(11)5-9-7/h1-3,9-10H,4-5H2. The highest BCUT2D eigenvalue weighted by atomic mass is 32.2. The predicted octanol–water partition coefficient (Wildman–Crippen LogP) is 0.669. The Morgan fingerprint density at radius 1 is 1.58 bits per heavy atom. The maximum atomic E-state index is 11.3. The van der Waals surface area contributed by atoms with Gasteiger partial charge >= 0.3 is 0 Å². The third-order valence-corrected chi connectivity index (χ3v) is 3.10. The van der Waals surface area contributed by atoms with E-state index in [0.29, 0.717) is 5.88 Å². The van der Waals surface area contributed by atoms with Crippen molar-refractivity contribution in [1.82, 2.24) is 0 Å². The van der Waals surface area contributed by atoms with E-state index in [-0.39, 0.29) is 6.61 Å². The molecule has 1 aromatic carbocycles. The Labute approximate surface area is 73.6 Å². The van der Waals surface area contributed by atoms with Crippen molar-refractivity contribution < 1.29 is 9.66 Å². The summed E-state index contributed by atoms with van der Waals surface area (Å²) >= 11 is -0.932. The van der Waals surface area contributed by atoms with Crippen LogP contribution in [0, 0.1) is 0 Å². The zero-order valence-corrected chi connectivity index (χ0v) is 7.23. The topological polar surface area (TPSA) is 55.3 Å². The molecule has 2 N–H and O–H groups in total. The van der Waals surface area contributed by atoms with Gasteiger partial charge in [0.2, 0.25) is 0 Å². The summed E-state index contributed by atoms with van der Waals surface area (Å²) in [7, 11) is 0. The molecule has 0 amide bonds. The second kappa shape index (κ2) is 2.97. The fraction of sp³-hybridized carbons (Fsp3) is 0.250. The molecule has 0 bridgehead atoms. The van der Waals surface area contributed by atoms with E-state index in [1.54, 1.807) is 6.07 Å². The molecule has 3 nitrogen and oxygen atoms in total. The van der Waals surface area contributed by atoms with E-state index in [0.717, 1.165) is 16.1 Å². The van der Waals surface area contributed by atoms with Gasteiger partial charge in [0.15, 0.2) is 10.8 Å². The lowest BCUT2D eigenvalue weighted by atomic mass is 10.2. The van der Waals surface area contributed by atoms with Gasteiger partial charge < -0.3 is 15.0 Å². The van der Waals surface area contributed by atoms with Crippen LogP contribution in [0.2, 0.25) is 0 Å². The van der Waals surface area contributed by atoms with Gasteiger partial charge in [-0.3, -0.25) is 0 Å².